The topological polar surface area (TPSA) is 98.7 Å². The van der Waals surface area contributed by atoms with E-state index in [9.17, 15) is 19.8 Å². The Morgan fingerprint density at radius 2 is 1.07 bits per heavy atom. The second-order valence-corrected chi connectivity index (χ2v) is 12.2. The molecule has 6 nitrogen and oxygen atoms in total. The van der Waals surface area contributed by atoms with Gasteiger partial charge in [0.05, 0.1) is 5.41 Å². The van der Waals surface area contributed by atoms with Crippen LogP contribution in [0.4, 0.5) is 0 Å². The SMILES string of the molecule is CC1(C)CC(C(CCC(=O)O)(C(=O)O)C2CC(C)(C)NC(C)(C)C2)CC(C)(C)N1. The zero-order valence-corrected chi connectivity index (χ0v) is 19.6. The van der Waals surface area contributed by atoms with Crippen molar-refractivity contribution in [3.05, 3.63) is 0 Å². The van der Waals surface area contributed by atoms with Gasteiger partial charge in [0.15, 0.2) is 0 Å². The third kappa shape index (κ3) is 5.52. The summed E-state index contributed by atoms with van der Waals surface area (Å²) in [6.45, 7) is 17.0. The van der Waals surface area contributed by atoms with Gasteiger partial charge in [-0.25, -0.2) is 0 Å². The number of carbonyl (C=O) groups is 2. The van der Waals surface area contributed by atoms with E-state index in [1.165, 1.54) is 0 Å². The number of carboxylic acid groups (broad SMARTS) is 2. The van der Waals surface area contributed by atoms with E-state index in [4.69, 9.17) is 0 Å². The minimum Gasteiger partial charge on any atom is -0.481 e. The summed E-state index contributed by atoms with van der Waals surface area (Å²) < 4.78 is 0. The molecule has 2 aliphatic rings. The molecule has 0 saturated carbocycles. The maximum Gasteiger partial charge on any atom is 0.310 e. The highest BCUT2D eigenvalue weighted by atomic mass is 16.4. The standard InChI is InChI=1S/C23H42N2O4/c1-19(2)11-15(12-20(3,4)24-19)23(18(28)29,10-9-17(26)27)16-13-21(5,6)25-22(7,8)14-16/h15-16,24-25H,9-14H2,1-8H3,(H,26,27)(H,28,29). The molecule has 0 aliphatic carbocycles. The van der Waals surface area contributed by atoms with E-state index < -0.39 is 17.4 Å². The van der Waals surface area contributed by atoms with Gasteiger partial charge in [-0.1, -0.05) is 0 Å². The third-order valence-corrected chi connectivity index (χ3v) is 6.99. The monoisotopic (exact) mass is 410 g/mol. The summed E-state index contributed by atoms with van der Waals surface area (Å²) >= 11 is 0. The van der Waals surface area contributed by atoms with Crippen LogP contribution < -0.4 is 10.6 Å². The molecule has 0 aromatic heterocycles. The Bertz CT molecular complexity index is 581. The van der Waals surface area contributed by atoms with Crippen molar-refractivity contribution in [2.75, 3.05) is 0 Å². The first-order valence-corrected chi connectivity index (χ1v) is 10.9. The number of nitrogens with one attached hydrogen (secondary N) is 2. The molecular formula is C23H42N2O4. The lowest BCUT2D eigenvalue weighted by atomic mass is 9.53. The molecule has 2 saturated heterocycles. The van der Waals surface area contributed by atoms with Crippen molar-refractivity contribution < 1.29 is 19.8 Å². The van der Waals surface area contributed by atoms with Crippen LogP contribution in [0.1, 0.15) is 93.9 Å². The molecule has 0 bridgehead atoms. The predicted octanol–water partition coefficient (Wildman–Crippen LogP) is 4.04. The van der Waals surface area contributed by atoms with Crippen LogP contribution in [0.15, 0.2) is 0 Å². The van der Waals surface area contributed by atoms with Gasteiger partial charge in [-0.05, 0) is 99.3 Å². The number of piperidine rings is 2. The summed E-state index contributed by atoms with van der Waals surface area (Å²) in [4.78, 5) is 24.6. The van der Waals surface area contributed by atoms with Crippen LogP contribution >= 0.6 is 0 Å². The summed E-state index contributed by atoms with van der Waals surface area (Å²) in [7, 11) is 0. The van der Waals surface area contributed by atoms with Crippen molar-refractivity contribution in [1.82, 2.24) is 10.6 Å². The average Bonchev–Trinajstić information content (AvgIpc) is 2.40. The summed E-state index contributed by atoms with van der Waals surface area (Å²) in [6, 6.07) is 0. The molecule has 6 heteroatoms. The average molecular weight is 411 g/mol. The van der Waals surface area contributed by atoms with Crippen LogP contribution in [-0.2, 0) is 9.59 Å². The van der Waals surface area contributed by atoms with Crippen molar-refractivity contribution in [2.24, 2.45) is 17.3 Å². The van der Waals surface area contributed by atoms with Gasteiger partial charge >= 0.3 is 11.9 Å². The first kappa shape index (κ1) is 24.1. The first-order valence-electron chi connectivity index (χ1n) is 10.9. The quantitative estimate of drug-likeness (QED) is 0.528. The zero-order chi connectivity index (χ0) is 22.5. The van der Waals surface area contributed by atoms with E-state index in [0.29, 0.717) is 0 Å². The van der Waals surface area contributed by atoms with Crippen molar-refractivity contribution in [2.45, 2.75) is 116 Å². The van der Waals surface area contributed by atoms with Gasteiger partial charge in [0.1, 0.15) is 0 Å². The van der Waals surface area contributed by atoms with Gasteiger partial charge < -0.3 is 20.8 Å². The fourth-order valence-corrected chi connectivity index (χ4v) is 6.88. The van der Waals surface area contributed by atoms with E-state index in [-0.39, 0.29) is 46.8 Å². The molecule has 29 heavy (non-hydrogen) atoms. The minimum absolute atomic E-state index is 0.0831. The minimum atomic E-state index is -1.05. The van der Waals surface area contributed by atoms with Crippen LogP contribution in [0, 0.1) is 17.3 Å². The molecule has 2 heterocycles. The summed E-state index contributed by atoms with van der Waals surface area (Å²) in [5.41, 5.74) is -1.85. The molecule has 2 fully saturated rings. The second kappa shape index (κ2) is 7.52. The van der Waals surface area contributed by atoms with E-state index in [1.807, 2.05) is 0 Å². The number of aliphatic carboxylic acids is 2. The van der Waals surface area contributed by atoms with Gasteiger partial charge in [-0.3, -0.25) is 9.59 Å². The molecule has 2 rings (SSSR count). The molecule has 2 aliphatic heterocycles. The smallest absolute Gasteiger partial charge is 0.310 e. The lowest BCUT2D eigenvalue weighted by Crippen LogP contribution is -2.65. The normalized spacial score (nSPS) is 26.8. The maximum atomic E-state index is 13.0. The van der Waals surface area contributed by atoms with Crippen molar-refractivity contribution in [3.8, 4) is 0 Å². The Hall–Kier alpha value is -1.14. The Labute approximate surface area is 176 Å². The summed E-state index contributed by atoms with van der Waals surface area (Å²) in [5, 5.41) is 27.4. The van der Waals surface area contributed by atoms with Gasteiger partial charge in [-0.2, -0.15) is 0 Å². The van der Waals surface area contributed by atoms with Crippen molar-refractivity contribution >= 4 is 11.9 Å². The van der Waals surface area contributed by atoms with Crippen molar-refractivity contribution in [1.29, 1.82) is 0 Å². The van der Waals surface area contributed by atoms with E-state index in [2.05, 4.69) is 66.0 Å². The van der Waals surface area contributed by atoms with Crippen LogP contribution in [0.2, 0.25) is 0 Å². The molecule has 0 unspecified atom stereocenters. The Morgan fingerprint density at radius 1 is 0.759 bits per heavy atom. The number of hydrogen-bond donors (Lipinski definition) is 4. The highest BCUT2D eigenvalue weighted by molar-refractivity contribution is 5.77. The highest BCUT2D eigenvalue weighted by Crippen LogP contribution is 2.55. The molecule has 0 amide bonds. The molecule has 168 valence electrons. The zero-order valence-electron chi connectivity index (χ0n) is 19.6. The van der Waals surface area contributed by atoms with Crippen molar-refractivity contribution in [3.63, 3.8) is 0 Å². The largest absolute Gasteiger partial charge is 0.481 e. The Morgan fingerprint density at radius 3 is 1.31 bits per heavy atom. The molecule has 0 spiro atoms. The van der Waals surface area contributed by atoms with Crippen LogP contribution in [0.5, 0.6) is 0 Å². The number of hydrogen-bond acceptors (Lipinski definition) is 4. The molecular weight excluding hydrogens is 368 g/mol. The van der Waals surface area contributed by atoms with E-state index in [1.54, 1.807) is 0 Å². The van der Waals surface area contributed by atoms with Gasteiger partial charge in [-0.15, -0.1) is 0 Å². The van der Waals surface area contributed by atoms with Crippen LogP contribution in [0.3, 0.4) is 0 Å². The van der Waals surface area contributed by atoms with Gasteiger partial charge in [0, 0.05) is 28.6 Å². The summed E-state index contributed by atoms with van der Waals surface area (Å²) in [5.74, 6) is -1.91. The van der Waals surface area contributed by atoms with Gasteiger partial charge in [0.25, 0.3) is 0 Å². The molecule has 0 aromatic carbocycles. The summed E-state index contributed by atoms with van der Waals surface area (Å²) in [6.07, 6.45) is 2.99. The van der Waals surface area contributed by atoms with E-state index >= 15 is 0 Å². The van der Waals surface area contributed by atoms with E-state index in [0.717, 1.165) is 25.7 Å². The first-order chi connectivity index (χ1) is 12.9. The third-order valence-electron chi connectivity index (χ3n) is 6.99. The fourth-order valence-electron chi connectivity index (χ4n) is 6.88. The Balaban J connectivity index is 2.58. The Kier molecular flexibility index (Phi) is 6.26. The molecule has 4 N–H and O–H groups in total. The predicted molar refractivity (Wildman–Crippen MR) is 115 cm³/mol. The maximum absolute atomic E-state index is 13.0. The van der Waals surface area contributed by atoms with Gasteiger partial charge in [0.2, 0.25) is 0 Å². The lowest BCUT2D eigenvalue weighted by molar-refractivity contribution is -0.167. The van der Waals surface area contributed by atoms with Crippen LogP contribution in [0.25, 0.3) is 0 Å². The molecule has 0 atom stereocenters. The van der Waals surface area contributed by atoms with Crippen LogP contribution in [-0.4, -0.2) is 44.3 Å². The fraction of sp³-hybridized carbons (Fsp3) is 0.913. The molecule has 0 aromatic rings. The highest BCUT2D eigenvalue weighted by Gasteiger charge is 2.58. The molecule has 0 radical (unpaired) electrons. The lowest BCUT2D eigenvalue weighted by Gasteiger charge is -2.57. The number of carboxylic acids is 2. The number of rotatable bonds is 6. The second-order valence-electron chi connectivity index (χ2n) is 12.2.